The van der Waals surface area contributed by atoms with Gasteiger partial charge in [0.1, 0.15) is 30.9 Å². The number of aromatic hydroxyl groups is 1. The second-order valence-corrected chi connectivity index (χ2v) is 11.6. The van der Waals surface area contributed by atoms with Gasteiger partial charge in [-0.2, -0.15) is 0 Å². The molecule has 7 heteroatoms. The van der Waals surface area contributed by atoms with E-state index < -0.39 is 0 Å². The number of aliphatic hydroxyl groups excluding tert-OH is 2. The van der Waals surface area contributed by atoms with Crippen LogP contribution in [0, 0.1) is 23.9 Å². The summed E-state index contributed by atoms with van der Waals surface area (Å²) >= 11 is 0. The van der Waals surface area contributed by atoms with E-state index in [2.05, 4.69) is 29.4 Å². The van der Waals surface area contributed by atoms with Gasteiger partial charge in [0.05, 0.1) is 24.5 Å². The highest BCUT2D eigenvalue weighted by atomic mass is 16.5. The highest BCUT2D eigenvalue weighted by Gasteiger charge is 2.37. The van der Waals surface area contributed by atoms with E-state index in [4.69, 9.17) is 9.47 Å². The van der Waals surface area contributed by atoms with Crippen LogP contribution in [0.1, 0.15) is 77.2 Å². The number of phenolic OH excluding ortho intramolecular Hbond substituents is 1. The van der Waals surface area contributed by atoms with Crippen molar-refractivity contribution in [1.29, 1.82) is 0 Å². The summed E-state index contributed by atoms with van der Waals surface area (Å²) in [5, 5.41) is 33.2. The van der Waals surface area contributed by atoms with E-state index in [1.165, 1.54) is 31.6 Å². The molecule has 0 aromatic heterocycles. The molecule has 0 radical (unpaired) electrons. The molecule has 5 N–H and O–H groups in total. The van der Waals surface area contributed by atoms with Crippen molar-refractivity contribution in [3.05, 3.63) is 59.2 Å². The summed E-state index contributed by atoms with van der Waals surface area (Å²) in [6.45, 7) is 5.96. The van der Waals surface area contributed by atoms with E-state index in [9.17, 15) is 15.3 Å². The molecule has 1 aromatic carbocycles. The maximum Gasteiger partial charge on any atom is 0.178 e. The highest BCUT2D eigenvalue weighted by Crippen LogP contribution is 2.38. The first-order chi connectivity index (χ1) is 19.5. The first-order valence-electron chi connectivity index (χ1n) is 15.3. The largest absolute Gasteiger partial charge is 0.504 e. The molecule has 220 valence electrons. The van der Waals surface area contributed by atoms with Gasteiger partial charge in [0.2, 0.25) is 0 Å². The number of phenols is 1. The topological polar surface area (TPSA) is 107 Å². The van der Waals surface area contributed by atoms with Crippen molar-refractivity contribution in [2.24, 2.45) is 16.8 Å². The molecule has 0 saturated heterocycles. The fourth-order valence-corrected chi connectivity index (χ4v) is 6.06. The molecule has 7 nitrogen and oxygen atoms in total. The van der Waals surface area contributed by atoms with Crippen molar-refractivity contribution < 1.29 is 24.8 Å². The van der Waals surface area contributed by atoms with Crippen LogP contribution in [0.4, 0.5) is 0 Å². The number of allylic oxidation sites excluding steroid dienone is 1. The molecule has 2 aliphatic heterocycles. The molecule has 0 amide bonds. The molecule has 40 heavy (non-hydrogen) atoms. The Kier molecular flexibility index (Phi) is 11.8. The molecular formula is C33H49N2O5+. The fourth-order valence-electron chi connectivity index (χ4n) is 6.06. The Bertz CT molecular complexity index is 1010. The molecule has 1 fully saturated rings. The Morgan fingerprint density at radius 3 is 2.80 bits per heavy atom. The number of hydrogen-bond donors (Lipinski definition) is 4. The first kappa shape index (κ1) is 30.5. The van der Waals surface area contributed by atoms with Crippen molar-refractivity contribution in [3.8, 4) is 11.5 Å². The van der Waals surface area contributed by atoms with Crippen LogP contribution in [0.25, 0.3) is 0 Å². The zero-order valence-corrected chi connectivity index (χ0v) is 24.3. The van der Waals surface area contributed by atoms with Crippen molar-refractivity contribution in [2.75, 3.05) is 26.3 Å². The van der Waals surface area contributed by atoms with Gasteiger partial charge in [0.15, 0.2) is 17.2 Å². The number of hydrogen-bond acceptors (Lipinski definition) is 6. The Labute approximate surface area is 240 Å². The molecule has 3 aliphatic rings. The standard InChI is InChI=1S/C33H48N2O5/c1-3-4-9-32-27(22-36)18-29(40-32)12-10-24-11-13-31(38)33(16-24)39-15-14-28-17-26(20-35-28)30(21-34-19-23(2)37)25-7-5-6-8-25/h11,13,16-18,20,23,25,30,32,34,36-37,40H,3-10,12,14-15,19,21-22H2,1-2H3/p+1/t23-,30+,32?/m0/s1. The van der Waals surface area contributed by atoms with Gasteiger partial charge in [-0.25, -0.2) is 0 Å². The first-order valence-corrected chi connectivity index (χ1v) is 15.3. The fraction of sp³-hybridized carbons (Fsp3) is 0.606. The lowest BCUT2D eigenvalue weighted by Crippen LogP contribution is -2.35. The van der Waals surface area contributed by atoms with Crippen molar-refractivity contribution in [2.45, 2.75) is 90.3 Å². The Hall–Kier alpha value is -2.45. The summed E-state index contributed by atoms with van der Waals surface area (Å²) in [6.07, 6.45) is 17.7. The summed E-state index contributed by atoms with van der Waals surface area (Å²) in [6, 6.07) is 5.55. The average Bonchev–Trinajstić information content (AvgIpc) is 3.72. The van der Waals surface area contributed by atoms with Gasteiger partial charge in [-0.15, -0.1) is 16.6 Å². The van der Waals surface area contributed by atoms with Gasteiger partial charge in [0, 0.05) is 26.1 Å². The molecule has 1 aliphatic carbocycles. The minimum absolute atomic E-state index is 0.0689. The number of benzene rings is 1. The normalized spacial score (nSPS) is 20.8. The molecule has 0 spiro atoms. The second-order valence-electron chi connectivity index (χ2n) is 11.6. The van der Waals surface area contributed by atoms with Crippen LogP contribution >= 0.6 is 0 Å². The summed E-state index contributed by atoms with van der Waals surface area (Å²) in [7, 11) is 0. The molecule has 3 atom stereocenters. The number of aliphatic hydroxyl groups is 4. The van der Waals surface area contributed by atoms with Crippen LogP contribution in [-0.2, 0) is 6.42 Å². The highest BCUT2D eigenvalue weighted by molar-refractivity contribution is 5.83. The number of aryl methyl sites for hydroxylation is 1. The number of nitrogens with zero attached hydrogens (tertiary/aromatic N) is 1. The predicted molar refractivity (Wildman–Crippen MR) is 160 cm³/mol. The zero-order valence-electron chi connectivity index (χ0n) is 24.3. The van der Waals surface area contributed by atoms with Gasteiger partial charge in [-0.1, -0.05) is 32.3 Å². The van der Waals surface area contributed by atoms with Crippen LogP contribution in [-0.4, -0.2) is 64.8 Å². The molecule has 2 heterocycles. The van der Waals surface area contributed by atoms with Crippen LogP contribution in [0.15, 0.2) is 46.6 Å². The smallest absolute Gasteiger partial charge is 0.178 e. The molecule has 1 unspecified atom stereocenters. The number of aliphatic imine (C=N–C) groups is 1. The maximum atomic E-state index is 10.4. The minimum Gasteiger partial charge on any atom is -0.504 e. The van der Waals surface area contributed by atoms with E-state index in [1.54, 1.807) is 6.07 Å². The average molecular weight is 554 g/mol. The maximum absolute atomic E-state index is 10.4. The van der Waals surface area contributed by atoms with Gasteiger partial charge < -0.3 is 30.1 Å². The van der Waals surface area contributed by atoms with Crippen molar-refractivity contribution >= 4 is 6.21 Å². The summed E-state index contributed by atoms with van der Waals surface area (Å²) in [5.74, 6) is 2.99. The van der Waals surface area contributed by atoms with Crippen LogP contribution < -0.4 is 10.1 Å². The lowest BCUT2D eigenvalue weighted by molar-refractivity contribution is -0.0550. The molecule has 0 bridgehead atoms. The molecular weight excluding hydrogens is 504 g/mol. The Morgan fingerprint density at radius 1 is 1.23 bits per heavy atom. The minimum atomic E-state index is -0.347. The van der Waals surface area contributed by atoms with Crippen LogP contribution in [0.5, 0.6) is 11.5 Å². The quantitative estimate of drug-likeness (QED) is 0.161. The zero-order chi connectivity index (χ0) is 28.3. The van der Waals surface area contributed by atoms with E-state index in [1.807, 2.05) is 25.3 Å². The lowest BCUT2D eigenvalue weighted by atomic mass is 9.81. The van der Waals surface area contributed by atoms with Gasteiger partial charge >= 0.3 is 0 Å². The monoisotopic (exact) mass is 553 g/mol. The van der Waals surface area contributed by atoms with Crippen molar-refractivity contribution in [3.63, 3.8) is 0 Å². The summed E-state index contributed by atoms with van der Waals surface area (Å²) in [5.41, 5.74) is 3.12. The van der Waals surface area contributed by atoms with E-state index >= 15 is 0 Å². The molecule has 1 aromatic rings. The number of rotatable bonds is 17. The van der Waals surface area contributed by atoms with Gasteiger partial charge in [-0.3, -0.25) is 0 Å². The van der Waals surface area contributed by atoms with E-state index in [0.29, 0.717) is 37.2 Å². The molecule has 4 rings (SSSR count). The van der Waals surface area contributed by atoms with Gasteiger partial charge in [0.25, 0.3) is 0 Å². The Balaban J connectivity index is 1.26. The Morgan fingerprint density at radius 2 is 2.05 bits per heavy atom. The van der Waals surface area contributed by atoms with E-state index in [0.717, 1.165) is 61.6 Å². The van der Waals surface area contributed by atoms with Crippen LogP contribution in [0.2, 0.25) is 0 Å². The third kappa shape index (κ3) is 8.77. The molecule has 1 saturated carbocycles. The van der Waals surface area contributed by atoms with E-state index in [-0.39, 0.29) is 24.6 Å². The van der Waals surface area contributed by atoms with Crippen molar-refractivity contribution in [1.82, 2.24) is 5.32 Å². The predicted octanol–water partition coefficient (Wildman–Crippen LogP) is 4.96. The summed E-state index contributed by atoms with van der Waals surface area (Å²) in [4.78, 5) is 4.68. The van der Waals surface area contributed by atoms with Gasteiger partial charge in [-0.05, 0) is 62.6 Å². The second kappa shape index (κ2) is 15.5. The lowest BCUT2D eigenvalue weighted by Gasteiger charge is -2.22. The third-order valence-electron chi connectivity index (χ3n) is 8.34. The summed E-state index contributed by atoms with van der Waals surface area (Å²) < 4.78 is 10.8. The number of unbranched alkanes of at least 4 members (excludes halogenated alkanes) is 1. The number of nitrogens with one attached hydrogen (secondary N) is 1. The third-order valence-corrected chi connectivity index (χ3v) is 8.34. The number of ether oxygens (including phenoxy) is 2. The SMILES string of the molecule is CCCCC1[OH+][C-](CCc2ccc(O)c(OCCC3=C[C+]([C@H](CNC[C@H](C)O)C4CCCC4)C=N3)c2)C=C1CO. The van der Waals surface area contributed by atoms with Crippen LogP contribution in [0.3, 0.4) is 0 Å².